The van der Waals surface area contributed by atoms with Gasteiger partial charge in [0.25, 0.3) is 11.8 Å². The SMILES string of the molecule is CCN(C(=O)c1cccc(C(=O)N2CCCCCC2)c1)c1ccccc1. The lowest BCUT2D eigenvalue weighted by molar-refractivity contribution is 0.0761. The van der Waals surface area contributed by atoms with Crippen molar-refractivity contribution in [2.75, 3.05) is 24.5 Å². The largest absolute Gasteiger partial charge is 0.339 e. The highest BCUT2D eigenvalue weighted by atomic mass is 16.2. The van der Waals surface area contributed by atoms with Crippen molar-refractivity contribution in [1.82, 2.24) is 4.90 Å². The quantitative estimate of drug-likeness (QED) is 0.821. The summed E-state index contributed by atoms with van der Waals surface area (Å²) in [5.74, 6) is -0.0477. The first kappa shape index (κ1) is 18.2. The van der Waals surface area contributed by atoms with E-state index < -0.39 is 0 Å². The van der Waals surface area contributed by atoms with Crippen molar-refractivity contribution in [3.8, 4) is 0 Å². The number of rotatable bonds is 4. The third-order valence-corrected chi connectivity index (χ3v) is 4.88. The van der Waals surface area contributed by atoms with Crippen LogP contribution in [0.15, 0.2) is 54.6 Å². The van der Waals surface area contributed by atoms with Crippen molar-refractivity contribution in [1.29, 1.82) is 0 Å². The second-order valence-corrected chi connectivity index (χ2v) is 6.67. The minimum atomic E-state index is -0.0794. The normalized spacial score (nSPS) is 14.6. The van der Waals surface area contributed by atoms with E-state index in [9.17, 15) is 9.59 Å². The first-order valence-corrected chi connectivity index (χ1v) is 9.47. The molecule has 2 amide bonds. The standard InChI is InChI=1S/C22H26N2O2/c1-2-24(20-13-6-5-7-14-20)22(26)19-12-10-11-18(17-19)21(25)23-15-8-3-4-9-16-23/h5-7,10-14,17H,2-4,8-9,15-16H2,1H3. The molecular weight excluding hydrogens is 324 g/mol. The summed E-state index contributed by atoms with van der Waals surface area (Å²) in [6.45, 7) is 4.15. The summed E-state index contributed by atoms with van der Waals surface area (Å²) in [6.07, 6.45) is 4.49. The summed E-state index contributed by atoms with van der Waals surface area (Å²) in [5, 5.41) is 0. The molecular formula is C22H26N2O2. The Hall–Kier alpha value is -2.62. The number of benzene rings is 2. The Morgan fingerprint density at radius 2 is 1.54 bits per heavy atom. The van der Waals surface area contributed by atoms with Crippen molar-refractivity contribution in [3.63, 3.8) is 0 Å². The number of anilines is 1. The molecule has 1 aliphatic heterocycles. The van der Waals surface area contributed by atoms with Crippen LogP contribution in [0, 0.1) is 0 Å². The number of likely N-dealkylation sites (tertiary alicyclic amines) is 1. The first-order valence-electron chi connectivity index (χ1n) is 9.47. The van der Waals surface area contributed by atoms with Gasteiger partial charge in [0.15, 0.2) is 0 Å². The van der Waals surface area contributed by atoms with Gasteiger partial charge in [0.1, 0.15) is 0 Å². The molecule has 0 bridgehead atoms. The highest BCUT2D eigenvalue weighted by Gasteiger charge is 2.20. The molecule has 2 aromatic carbocycles. The van der Waals surface area contributed by atoms with Gasteiger partial charge in [0.2, 0.25) is 0 Å². The van der Waals surface area contributed by atoms with E-state index in [1.54, 1.807) is 23.1 Å². The minimum absolute atomic E-state index is 0.0318. The number of hydrogen-bond acceptors (Lipinski definition) is 2. The Morgan fingerprint density at radius 3 is 2.19 bits per heavy atom. The maximum atomic E-state index is 13.0. The molecule has 1 fully saturated rings. The average Bonchev–Trinajstić information content (AvgIpc) is 2.98. The fraction of sp³-hybridized carbons (Fsp3) is 0.364. The Morgan fingerprint density at radius 1 is 0.885 bits per heavy atom. The number of amides is 2. The summed E-state index contributed by atoms with van der Waals surface area (Å²) in [7, 11) is 0. The van der Waals surface area contributed by atoms with E-state index in [1.807, 2.05) is 48.2 Å². The third-order valence-electron chi connectivity index (χ3n) is 4.88. The zero-order valence-electron chi connectivity index (χ0n) is 15.4. The van der Waals surface area contributed by atoms with Crippen LogP contribution >= 0.6 is 0 Å². The Kier molecular flexibility index (Phi) is 6.05. The maximum Gasteiger partial charge on any atom is 0.258 e. The molecule has 0 N–H and O–H groups in total. The predicted molar refractivity (Wildman–Crippen MR) is 105 cm³/mol. The van der Waals surface area contributed by atoms with Gasteiger partial charge in [-0.1, -0.05) is 37.1 Å². The van der Waals surface area contributed by atoms with Gasteiger partial charge in [-0.05, 0) is 50.1 Å². The zero-order chi connectivity index (χ0) is 18.4. The van der Waals surface area contributed by atoms with Crippen LogP contribution in [0.5, 0.6) is 0 Å². The molecule has 1 heterocycles. The molecule has 0 aliphatic carbocycles. The molecule has 2 aromatic rings. The molecule has 0 aromatic heterocycles. The fourth-order valence-corrected chi connectivity index (χ4v) is 3.45. The van der Waals surface area contributed by atoms with E-state index in [1.165, 1.54) is 12.8 Å². The summed E-state index contributed by atoms with van der Waals surface area (Å²) in [6, 6.07) is 16.8. The second-order valence-electron chi connectivity index (χ2n) is 6.67. The maximum absolute atomic E-state index is 13.0. The molecule has 1 saturated heterocycles. The third kappa shape index (κ3) is 4.13. The van der Waals surface area contributed by atoms with E-state index in [0.29, 0.717) is 17.7 Å². The van der Waals surface area contributed by atoms with E-state index >= 15 is 0 Å². The summed E-state index contributed by atoms with van der Waals surface area (Å²) in [4.78, 5) is 29.5. The molecule has 0 spiro atoms. The van der Waals surface area contributed by atoms with Crippen LogP contribution in [0.2, 0.25) is 0 Å². The summed E-state index contributed by atoms with van der Waals surface area (Å²) >= 11 is 0. The topological polar surface area (TPSA) is 40.6 Å². The lowest BCUT2D eigenvalue weighted by Crippen LogP contribution is -2.33. The number of carbonyl (C=O) groups excluding carboxylic acids is 2. The van der Waals surface area contributed by atoms with Crippen LogP contribution in [0.3, 0.4) is 0 Å². The average molecular weight is 350 g/mol. The molecule has 0 unspecified atom stereocenters. The van der Waals surface area contributed by atoms with Crippen molar-refractivity contribution in [3.05, 3.63) is 65.7 Å². The molecule has 136 valence electrons. The number of para-hydroxylation sites is 1. The first-order chi connectivity index (χ1) is 12.7. The smallest absolute Gasteiger partial charge is 0.258 e. The van der Waals surface area contributed by atoms with Crippen molar-refractivity contribution in [2.24, 2.45) is 0 Å². The van der Waals surface area contributed by atoms with Gasteiger partial charge >= 0.3 is 0 Å². The Bertz CT molecular complexity index is 750. The molecule has 26 heavy (non-hydrogen) atoms. The van der Waals surface area contributed by atoms with Gasteiger partial charge in [0, 0.05) is 36.4 Å². The van der Waals surface area contributed by atoms with Crippen molar-refractivity contribution in [2.45, 2.75) is 32.6 Å². The highest BCUT2D eigenvalue weighted by Crippen LogP contribution is 2.19. The molecule has 3 rings (SSSR count). The van der Waals surface area contributed by atoms with Crippen molar-refractivity contribution >= 4 is 17.5 Å². The van der Waals surface area contributed by atoms with E-state index in [0.717, 1.165) is 31.6 Å². The van der Waals surface area contributed by atoms with Gasteiger partial charge in [-0.3, -0.25) is 9.59 Å². The van der Waals surface area contributed by atoms with Crippen LogP contribution in [0.25, 0.3) is 0 Å². The summed E-state index contributed by atoms with van der Waals surface area (Å²) < 4.78 is 0. The van der Waals surface area contributed by atoms with Crippen LogP contribution in [0.4, 0.5) is 5.69 Å². The molecule has 4 nitrogen and oxygen atoms in total. The Labute approximate surface area is 155 Å². The van der Waals surface area contributed by atoms with Crippen LogP contribution < -0.4 is 4.90 Å². The number of carbonyl (C=O) groups is 2. The van der Waals surface area contributed by atoms with Gasteiger partial charge in [0.05, 0.1) is 0 Å². The predicted octanol–water partition coefficient (Wildman–Crippen LogP) is 4.37. The lowest BCUT2D eigenvalue weighted by atomic mass is 10.1. The number of nitrogens with zero attached hydrogens (tertiary/aromatic N) is 2. The lowest BCUT2D eigenvalue weighted by Gasteiger charge is -2.22. The van der Waals surface area contributed by atoms with Crippen LogP contribution in [-0.2, 0) is 0 Å². The van der Waals surface area contributed by atoms with Gasteiger partial charge in [-0.2, -0.15) is 0 Å². The van der Waals surface area contributed by atoms with E-state index in [2.05, 4.69) is 0 Å². The molecule has 0 radical (unpaired) electrons. The monoisotopic (exact) mass is 350 g/mol. The second kappa shape index (κ2) is 8.65. The van der Waals surface area contributed by atoms with Crippen LogP contribution in [0.1, 0.15) is 53.3 Å². The minimum Gasteiger partial charge on any atom is -0.339 e. The molecule has 1 aliphatic rings. The highest BCUT2D eigenvalue weighted by molar-refractivity contribution is 6.07. The zero-order valence-corrected chi connectivity index (χ0v) is 15.4. The molecule has 4 heteroatoms. The molecule has 0 saturated carbocycles. The van der Waals surface area contributed by atoms with E-state index in [-0.39, 0.29) is 11.8 Å². The van der Waals surface area contributed by atoms with Crippen LogP contribution in [-0.4, -0.2) is 36.3 Å². The fourth-order valence-electron chi connectivity index (χ4n) is 3.45. The van der Waals surface area contributed by atoms with Gasteiger partial charge in [-0.25, -0.2) is 0 Å². The van der Waals surface area contributed by atoms with E-state index in [4.69, 9.17) is 0 Å². The van der Waals surface area contributed by atoms with Gasteiger partial charge < -0.3 is 9.80 Å². The molecule has 0 atom stereocenters. The van der Waals surface area contributed by atoms with Crippen molar-refractivity contribution < 1.29 is 9.59 Å². The number of hydrogen-bond donors (Lipinski definition) is 0. The van der Waals surface area contributed by atoms with Gasteiger partial charge in [-0.15, -0.1) is 0 Å². The Balaban J connectivity index is 1.81. The summed E-state index contributed by atoms with van der Waals surface area (Å²) in [5.41, 5.74) is 2.02.